The summed E-state index contributed by atoms with van der Waals surface area (Å²) in [5.41, 5.74) is 3.09. The summed E-state index contributed by atoms with van der Waals surface area (Å²) in [6.45, 7) is 2.92. The van der Waals surface area contributed by atoms with Gasteiger partial charge in [-0.15, -0.1) is 0 Å². The monoisotopic (exact) mass is 240 g/mol. The molecular formula is C14H28N2O. The van der Waals surface area contributed by atoms with Gasteiger partial charge in [-0.05, 0) is 32.1 Å². The fourth-order valence-electron chi connectivity index (χ4n) is 3.33. The van der Waals surface area contributed by atoms with Gasteiger partial charge in [0.05, 0.1) is 11.6 Å². The molecule has 0 amide bonds. The molecule has 17 heavy (non-hydrogen) atoms. The van der Waals surface area contributed by atoms with Crippen molar-refractivity contribution in [3.8, 4) is 0 Å². The molecular weight excluding hydrogens is 212 g/mol. The Morgan fingerprint density at radius 3 is 2.35 bits per heavy atom. The van der Waals surface area contributed by atoms with Crippen LogP contribution in [0.1, 0.15) is 64.7 Å². The quantitative estimate of drug-likeness (QED) is 0.426. The maximum absolute atomic E-state index is 6.19. The Balaban J connectivity index is 2.04. The van der Waals surface area contributed by atoms with E-state index in [-0.39, 0.29) is 5.60 Å². The lowest BCUT2D eigenvalue weighted by atomic mass is 9.83. The summed E-state index contributed by atoms with van der Waals surface area (Å²) in [6.07, 6.45) is 11.7. The third-order valence-electron chi connectivity index (χ3n) is 4.48. The molecule has 1 unspecified atom stereocenters. The minimum atomic E-state index is 0.0165. The second kappa shape index (κ2) is 6.17. The summed E-state index contributed by atoms with van der Waals surface area (Å²) in [5.74, 6) is 6.72. The third-order valence-corrected chi connectivity index (χ3v) is 4.48. The van der Waals surface area contributed by atoms with Crippen LogP contribution in [0.15, 0.2) is 0 Å². The molecule has 0 bridgehead atoms. The van der Waals surface area contributed by atoms with E-state index >= 15 is 0 Å². The molecule has 1 atom stereocenters. The van der Waals surface area contributed by atoms with Crippen molar-refractivity contribution >= 4 is 0 Å². The number of hydrogen-bond donors (Lipinski definition) is 2. The minimum absolute atomic E-state index is 0.0165. The van der Waals surface area contributed by atoms with Crippen molar-refractivity contribution in [2.24, 2.45) is 11.8 Å². The predicted octanol–water partition coefficient (Wildman–Crippen LogP) is 2.75. The molecule has 0 radical (unpaired) electrons. The molecule has 2 rings (SSSR count). The highest BCUT2D eigenvalue weighted by Crippen LogP contribution is 2.40. The lowest BCUT2D eigenvalue weighted by Crippen LogP contribution is -2.55. The molecule has 0 heterocycles. The molecule has 3 N–H and O–H groups in total. The first kappa shape index (κ1) is 13.3. The van der Waals surface area contributed by atoms with E-state index in [9.17, 15) is 0 Å². The normalized spacial score (nSPS) is 26.5. The van der Waals surface area contributed by atoms with E-state index < -0.39 is 0 Å². The minimum Gasteiger partial charge on any atom is -0.374 e. The topological polar surface area (TPSA) is 47.3 Å². The number of hydrazine groups is 1. The summed E-state index contributed by atoms with van der Waals surface area (Å²) in [6, 6.07) is 0.355. The number of hydrogen-bond acceptors (Lipinski definition) is 3. The van der Waals surface area contributed by atoms with Crippen molar-refractivity contribution in [1.29, 1.82) is 0 Å². The molecule has 2 fully saturated rings. The standard InChI is InChI=1S/C14H28N2O/c1-2-17-14(9-5-3-4-6-10-14)13(16-15)11-12-7-8-12/h12-13,16H,2-11,15H2,1H3. The number of nitrogens with two attached hydrogens (primary N) is 1. The molecule has 100 valence electrons. The van der Waals surface area contributed by atoms with Crippen molar-refractivity contribution < 1.29 is 4.74 Å². The molecule has 0 spiro atoms. The van der Waals surface area contributed by atoms with Gasteiger partial charge in [-0.1, -0.05) is 38.5 Å². The predicted molar refractivity (Wildman–Crippen MR) is 70.5 cm³/mol. The highest BCUT2D eigenvalue weighted by Gasteiger charge is 2.41. The second-order valence-corrected chi connectivity index (χ2v) is 5.81. The zero-order chi connectivity index (χ0) is 12.1. The summed E-state index contributed by atoms with van der Waals surface area (Å²) in [4.78, 5) is 0. The van der Waals surface area contributed by atoms with Gasteiger partial charge < -0.3 is 4.74 Å². The first-order chi connectivity index (χ1) is 8.30. The number of ether oxygens (including phenoxy) is 1. The molecule has 0 aromatic carbocycles. The van der Waals surface area contributed by atoms with Crippen LogP contribution in [0, 0.1) is 5.92 Å². The SMILES string of the molecule is CCOC1(C(CC2CC2)NN)CCCCCC1. The van der Waals surface area contributed by atoms with E-state index in [4.69, 9.17) is 10.6 Å². The van der Waals surface area contributed by atoms with Crippen LogP contribution in [0.4, 0.5) is 0 Å². The van der Waals surface area contributed by atoms with Gasteiger partial charge in [-0.25, -0.2) is 0 Å². The van der Waals surface area contributed by atoms with E-state index in [2.05, 4.69) is 12.3 Å². The van der Waals surface area contributed by atoms with Gasteiger partial charge in [0.15, 0.2) is 0 Å². The Bertz CT molecular complexity index is 220. The number of rotatable bonds is 6. The Hall–Kier alpha value is -0.120. The van der Waals surface area contributed by atoms with Crippen molar-refractivity contribution in [3.05, 3.63) is 0 Å². The fraction of sp³-hybridized carbons (Fsp3) is 1.00. The zero-order valence-electron chi connectivity index (χ0n) is 11.2. The van der Waals surface area contributed by atoms with Crippen LogP contribution in [-0.2, 0) is 4.74 Å². The summed E-state index contributed by atoms with van der Waals surface area (Å²) < 4.78 is 6.19. The first-order valence-electron chi connectivity index (χ1n) is 7.41. The molecule has 3 nitrogen and oxygen atoms in total. The van der Waals surface area contributed by atoms with Gasteiger partial charge in [0.25, 0.3) is 0 Å². The van der Waals surface area contributed by atoms with E-state index in [1.807, 2.05) is 0 Å². The average Bonchev–Trinajstić information content (AvgIpc) is 3.14. The van der Waals surface area contributed by atoms with Gasteiger partial charge in [-0.2, -0.15) is 0 Å². The molecule has 3 heteroatoms. The van der Waals surface area contributed by atoms with Crippen LogP contribution >= 0.6 is 0 Å². The summed E-state index contributed by atoms with van der Waals surface area (Å²) in [7, 11) is 0. The molecule has 0 saturated heterocycles. The molecule has 2 aliphatic rings. The summed E-state index contributed by atoms with van der Waals surface area (Å²) >= 11 is 0. The number of nitrogens with one attached hydrogen (secondary N) is 1. The van der Waals surface area contributed by atoms with E-state index in [1.54, 1.807) is 0 Å². The Labute approximate surface area is 105 Å². The molecule has 0 aromatic rings. The van der Waals surface area contributed by atoms with E-state index in [0.717, 1.165) is 12.5 Å². The maximum Gasteiger partial charge on any atom is 0.0848 e. The van der Waals surface area contributed by atoms with E-state index in [1.165, 1.54) is 57.8 Å². The van der Waals surface area contributed by atoms with Crippen LogP contribution in [0.3, 0.4) is 0 Å². The maximum atomic E-state index is 6.19. The van der Waals surface area contributed by atoms with Crippen molar-refractivity contribution in [2.45, 2.75) is 76.4 Å². The second-order valence-electron chi connectivity index (χ2n) is 5.81. The van der Waals surface area contributed by atoms with Gasteiger partial charge in [0.1, 0.15) is 0 Å². The van der Waals surface area contributed by atoms with Crippen LogP contribution in [0.5, 0.6) is 0 Å². The van der Waals surface area contributed by atoms with Crippen LogP contribution in [0.2, 0.25) is 0 Å². The Kier molecular flexibility index (Phi) is 4.83. The van der Waals surface area contributed by atoms with Crippen molar-refractivity contribution in [1.82, 2.24) is 5.43 Å². The lowest BCUT2D eigenvalue weighted by molar-refractivity contribution is -0.0797. The fourth-order valence-corrected chi connectivity index (χ4v) is 3.33. The third kappa shape index (κ3) is 3.43. The molecule has 0 aromatic heterocycles. The molecule has 2 saturated carbocycles. The molecule has 0 aliphatic heterocycles. The van der Waals surface area contributed by atoms with Crippen molar-refractivity contribution in [2.75, 3.05) is 6.61 Å². The largest absolute Gasteiger partial charge is 0.374 e. The average molecular weight is 240 g/mol. The Morgan fingerprint density at radius 1 is 1.24 bits per heavy atom. The van der Waals surface area contributed by atoms with Crippen LogP contribution < -0.4 is 11.3 Å². The first-order valence-corrected chi connectivity index (χ1v) is 7.41. The molecule has 2 aliphatic carbocycles. The van der Waals surface area contributed by atoms with E-state index in [0.29, 0.717) is 6.04 Å². The van der Waals surface area contributed by atoms with Gasteiger partial charge in [0, 0.05) is 6.61 Å². The Morgan fingerprint density at radius 2 is 1.88 bits per heavy atom. The summed E-state index contributed by atoms with van der Waals surface area (Å²) in [5, 5.41) is 0. The lowest BCUT2D eigenvalue weighted by Gasteiger charge is -2.40. The highest BCUT2D eigenvalue weighted by molar-refractivity contribution is 4.96. The highest BCUT2D eigenvalue weighted by atomic mass is 16.5. The van der Waals surface area contributed by atoms with Crippen LogP contribution in [0.25, 0.3) is 0 Å². The van der Waals surface area contributed by atoms with Gasteiger partial charge >= 0.3 is 0 Å². The van der Waals surface area contributed by atoms with Gasteiger partial charge in [0.2, 0.25) is 0 Å². The smallest absolute Gasteiger partial charge is 0.0848 e. The zero-order valence-corrected chi connectivity index (χ0v) is 11.2. The van der Waals surface area contributed by atoms with Crippen molar-refractivity contribution in [3.63, 3.8) is 0 Å². The van der Waals surface area contributed by atoms with Crippen LogP contribution in [-0.4, -0.2) is 18.2 Å². The van der Waals surface area contributed by atoms with Gasteiger partial charge in [-0.3, -0.25) is 11.3 Å².